The number of ether oxygens (including phenoxy) is 1. The van der Waals surface area contributed by atoms with Gasteiger partial charge in [-0.25, -0.2) is 0 Å². The standard InChI is InChI=1S/C14H16N2O2/c15-7-2-4-11-3-1-5-13(9-11)16-14(17)12-6-8-18-10-12/h1,3,5,9,12H,6-8,10,15H2,(H,16,17). The van der Waals surface area contributed by atoms with Crippen molar-refractivity contribution in [2.24, 2.45) is 11.7 Å². The molecule has 0 aliphatic carbocycles. The molecule has 0 spiro atoms. The van der Waals surface area contributed by atoms with E-state index in [0.29, 0.717) is 19.8 Å². The highest BCUT2D eigenvalue weighted by Gasteiger charge is 2.23. The van der Waals surface area contributed by atoms with Gasteiger partial charge in [0.25, 0.3) is 0 Å². The van der Waals surface area contributed by atoms with Crippen LogP contribution in [-0.4, -0.2) is 25.7 Å². The fraction of sp³-hybridized carbons (Fsp3) is 0.357. The van der Waals surface area contributed by atoms with E-state index in [1.807, 2.05) is 24.3 Å². The van der Waals surface area contributed by atoms with Gasteiger partial charge in [0.1, 0.15) is 0 Å². The van der Waals surface area contributed by atoms with Gasteiger partial charge in [0.05, 0.1) is 19.1 Å². The highest BCUT2D eigenvalue weighted by atomic mass is 16.5. The van der Waals surface area contributed by atoms with E-state index in [2.05, 4.69) is 17.2 Å². The molecule has 1 aromatic rings. The second-order valence-corrected chi connectivity index (χ2v) is 4.14. The Bertz CT molecular complexity index is 482. The lowest BCUT2D eigenvalue weighted by Gasteiger charge is -2.09. The zero-order valence-corrected chi connectivity index (χ0v) is 10.1. The first-order chi connectivity index (χ1) is 8.79. The molecule has 3 N–H and O–H groups in total. The molecule has 1 heterocycles. The van der Waals surface area contributed by atoms with Gasteiger partial charge in [-0.15, -0.1) is 0 Å². The summed E-state index contributed by atoms with van der Waals surface area (Å²) >= 11 is 0. The highest BCUT2D eigenvalue weighted by molar-refractivity contribution is 5.92. The zero-order chi connectivity index (χ0) is 12.8. The molecule has 0 radical (unpaired) electrons. The molecule has 1 atom stereocenters. The minimum absolute atomic E-state index is 0.0106. The minimum atomic E-state index is -0.0382. The lowest BCUT2D eigenvalue weighted by Crippen LogP contribution is -2.22. The Kier molecular flexibility index (Phi) is 4.35. The molecule has 94 valence electrons. The SMILES string of the molecule is NCC#Cc1cccc(NC(=O)C2CCOC2)c1. The van der Waals surface area contributed by atoms with Gasteiger partial charge in [-0.3, -0.25) is 4.79 Å². The molecule has 0 saturated carbocycles. The van der Waals surface area contributed by atoms with Crippen LogP contribution in [0.15, 0.2) is 24.3 Å². The van der Waals surface area contributed by atoms with Crippen molar-refractivity contribution in [1.29, 1.82) is 0 Å². The Morgan fingerprint density at radius 1 is 1.56 bits per heavy atom. The number of carbonyl (C=O) groups is 1. The van der Waals surface area contributed by atoms with Crippen LogP contribution in [0.25, 0.3) is 0 Å². The summed E-state index contributed by atoms with van der Waals surface area (Å²) in [6, 6.07) is 7.44. The molecule has 0 bridgehead atoms. The maximum atomic E-state index is 11.9. The molecular formula is C14H16N2O2. The van der Waals surface area contributed by atoms with Gasteiger partial charge < -0.3 is 15.8 Å². The third kappa shape index (κ3) is 3.33. The smallest absolute Gasteiger partial charge is 0.229 e. The number of nitrogens with two attached hydrogens (primary N) is 1. The fourth-order valence-electron chi connectivity index (χ4n) is 1.81. The Hall–Kier alpha value is -1.83. The minimum Gasteiger partial charge on any atom is -0.381 e. The van der Waals surface area contributed by atoms with Crippen LogP contribution >= 0.6 is 0 Å². The van der Waals surface area contributed by atoms with Crippen molar-refractivity contribution >= 4 is 11.6 Å². The van der Waals surface area contributed by atoms with E-state index >= 15 is 0 Å². The predicted molar refractivity (Wildman–Crippen MR) is 69.9 cm³/mol. The van der Waals surface area contributed by atoms with Gasteiger partial charge in [-0.2, -0.15) is 0 Å². The van der Waals surface area contributed by atoms with Crippen molar-refractivity contribution < 1.29 is 9.53 Å². The number of anilines is 1. The maximum Gasteiger partial charge on any atom is 0.229 e. The molecule has 18 heavy (non-hydrogen) atoms. The van der Waals surface area contributed by atoms with Crippen LogP contribution in [0.1, 0.15) is 12.0 Å². The number of rotatable bonds is 2. The molecule has 2 rings (SSSR count). The van der Waals surface area contributed by atoms with E-state index in [0.717, 1.165) is 17.7 Å². The van der Waals surface area contributed by atoms with Crippen LogP contribution in [-0.2, 0) is 9.53 Å². The molecule has 1 saturated heterocycles. The summed E-state index contributed by atoms with van der Waals surface area (Å²) in [4.78, 5) is 11.9. The van der Waals surface area contributed by atoms with E-state index in [1.54, 1.807) is 0 Å². The van der Waals surface area contributed by atoms with Gasteiger partial charge in [0.2, 0.25) is 5.91 Å². The Balaban J connectivity index is 2.02. The summed E-state index contributed by atoms with van der Waals surface area (Å²) in [5, 5.41) is 2.88. The molecule has 1 aliphatic heterocycles. The Morgan fingerprint density at radius 2 is 2.44 bits per heavy atom. The monoisotopic (exact) mass is 244 g/mol. The summed E-state index contributed by atoms with van der Waals surface area (Å²) in [5.41, 5.74) is 6.93. The molecular weight excluding hydrogens is 228 g/mol. The van der Waals surface area contributed by atoms with Gasteiger partial charge in [-0.1, -0.05) is 17.9 Å². The van der Waals surface area contributed by atoms with Crippen LogP contribution in [0.2, 0.25) is 0 Å². The molecule has 1 fully saturated rings. The average molecular weight is 244 g/mol. The third-order valence-electron chi connectivity index (χ3n) is 2.77. The summed E-state index contributed by atoms with van der Waals surface area (Å²) < 4.78 is 5.20. The van der Waals surface area contributed by atoms with Gasteiger partial charge in [-0.05, 0) is 24.6 Å². The molecule has 4 nitrogen and oxygen atoms in total. The number of nitrogens with one attached hydrogen (secondary N) is 1. The largest absolute Gasteiger partial charge is 0.381 e. The first-order valence-electron chi connectivity index (χ1n) is 5.97. The number of carbonyl (C=O) groups excluding carboxylic acids is 1. The predicted octanol–water partition coefficient (Wildman–Crippen LogP) is 0.972. The number of amides is 1. The van der Waals surface area contributed by atoms with E-state index < -0.39 is 0 Å². The molecule has 1 aromatic carbocycles. The van der Waals surface area contributed by atoms with Crippen molar-refractivity contribution in [3.05, 3.63) is 29.8 Å². The highest BCUT2D eigenvalue weighted by Crippen LogP contribution is 2.16. The number of hydrogen-bond donors (Lipinski definition) is 2. The van der Waals surface area contributed by atoms with Crippen LogP contribution in [0.4, 0.5) is 5.69 Å². The summed E-state index contributed by atoms with van der Waals surface area (Å²) in [5.74, 6) is 5.69. The van der Waals surface area contributed by atoms with Crippen LogP contribution < -0.4 is 11.1 Å². The lowest BCUT2D eigenvalue weighted by molar-refractivity contribution is -0.119. The van der Waals surface area contributed by atoms with E-state index in [9.17, 15) is 4.79 Å². The van der Waals surface area contributed by atoms with E-state index in [-0.39, 0.29) is 11.8 Å². The normalized spacial score (nSPS) is 17.9. The summed E-state index contributed by atoms with van der Waals surface area (Å²) in [6.07, 6.45) is 0.790. The molecule has 1 amide bonds. The molecule has 1 aliphatic rings. The summed E-state index contributed by atoms with van der Waals surface area (Å²) in [7, 11) is 0. The Labute approximate surface area is 107 Å². The fourth-order valence-corrected chi connectivity index (χ4v) is 1.81. The first kappa shape index (κ1) is 12.6. The maximum absolute atomic E-state index is 11.9. The lowest BCUT2D eigenvalue weighted by atomic mass is 10.1. The van der Waals surface area contributed by atoms with Crippen molar-refractivity contribution in [3.8, 4) is 11.8 Å². The van der Waals surface area contributed by atoms with Crippen LogP contribution in [0, 0.1) is 17.8 Å². The average Bonchev–Trinajstić information content (AvgIpc) is 2.91. The summed E-state index contributed by atoms with van der Waals surface area (Å²) in [6.45, 7) is 1.51. The van der Waals surface area contributed by atoms with E-state index in [4.69, 9.17) is 10.5 Å². The van der Waals surface area contributed by atoms with Crippen molar-refractivity contribution in [2.75, 3.05) is 25.1 Å². The zero-order valence-electron chi connectivity index (χ0n) is 10.1. The van der Waals surface area contributed by atoms with Gasteiger partial charge in [0, 0.05) is 17.9 Å². The second-order valence-electron chi connectivity index (χ2n) is 4.14. The van der Waals surface area contributed by atoms with Gasteiger partial charge >= 0.3 is 0 Å². The second kappa shape index (κ2) is 6.20. The molecule has 1 unspecified atom stereocenters. The number of benzene rings is 1. The molecule has 0 aromatic heterocycles. The van der Waals surface area contributed by atoms with Crippen LogP contribution in [0.5, 0.6) is 0 Å². The van der Waals surface area contributed by atoms with Crippen molar-refractivity contribution in [3.63, 3.8) is 0 Å². The van der Waals surface area contributed by atoms with Crippen molar-refractivity contribution in [1.82, 2.24) is 0 Å². The number of hydrogen-bond acceptors (Lipinski definition) is 3. The quantitative estimate of drug-likeness (QED) is 0.762. The van der Waals surface area contributed by atoms with E-state index in [1.165, 1.54) is 0 Å². The van der Waals surface area contributed by atoms with Crippen molar-refractivity contribution in [2.45, 2.75) is 6.42 Å². The molecule has 4 heteroatoms. The Morgan fingerprint density at radius 3 is 3.17 bits per heavy atom. The topological polar surface area (TPSA) is 64.3 Å². The van der Waals surface area contributed by atoms with Gasteiger partial charge in [0.15, 0.2) is 0 Å². The third-order valence-corrected chi connectivity index (χ3v) is 2.77. The van der Waals surface area contributed by atoms with Crippen LogP contribution in [0.3, 0.4) is 0 Å². The first-order valence-corrected chi connectivity index (χ1v) is 5.97.